The van der Waals surface area contributed by atoms with Crippen molar-refractivity contribution in [1.29, 1.82) is 0 Å². The van der Waals surface area contributed by atoms with Crippen LogP contribution in [0.3, 0.4) is 0 Å². The lowest BCUT2D eigenvalue weighted by Crippen LogP contribution is -2.09. The van der Waals surface area contributed by atoms with E-state index in [1.165, 1.54) is 0 Å². The molecule has 114 valence electrons. The second-order valence-electron chi connectivity index (χ2n) is 4.90. The molecule has 5 heteroatoms. The van der Waals surface area contributed by atoms with Gasteiger partial charge in [0.05, 0.1) is 20.3 Å². The van der Waals surface area contributed by atoms with Gasteiger partial charge < -0.3 is 19.1 Å². The summed E-state index contributed by atoms with van der Waals surface area (Å²) in [5.41, 5.74) is 0.761. The van der Waals surface area contributed by atoms with Gasteiger partial charge >= 0.3 is 0 Å². The van der Waals surface area contributed by atoms with Gasteiger partial charge in [-0.2, -0.15) is 0 Å². The van der Waals surface area contributed by atoms with Crippen LogP contribution in [-0.4, -0.2) is 28.9 Å². The van der Waals surface area contributed by atoms with Gasteiger partial charge in [-0.25, -0.2) is 4.98 Å². The second kappa shape index (κ2) is 7.13. The van der Waals surface area contributed by atoms with E-state index in [0.29, 0.717) is 17.9 Å². The molecule has 0 aliphatic rings. The minimum Gasteiger partial charge on any atom is -0.497 e. The van der Waals surface area contributed by atoms with Crippen molar-refractivity contribution in [1.82, 2.24) is 9.55 Å². The van der Waals surface area contributed by atoms with E-state index in [0.717, 1.165) is 24.4 Å². The summed E-state index contributed by atoms with van der Waals surface area (Å²) in [6, 6.07) is 5.43. The van der Waals surface area contributed by atoms with Crippen molar-refractivity contribution in [2.45, 2.75) is 32.4 Å². The Morgan fingerprint density at radius 2 is 1.86 bits per heavy atom. The molecule has 0 radical (unpaired) electrons. The molecule has 1 aromatic heterocycles. The molecule has 0 aliphatic carbocycles. The van der Waals surface area contributed by atoms with Crippen molar-refractivity contribution in [3.8, 4) is 11.5 Å². The summed E-state index contributed by atoms with van der Waals surface area (Å²) in [6.07, 6.45) is 4.56. The van der Waals surface area contributed by atoms with Crippen molar-refractivity contribution in [2.24, 2.45) is 0 Å². The van der Waals surface area contributed by atoms with Gasteiger partial charge in [0.1, 0.15) is 17.3 Å². The van der Waals surface area contributed by atoms with Crippen LogP contribution in [0.2, 0.25) is 0 Å². The fourth-order valence-corrected chi connectivity index (χ4v) is 2.29. The highest BCUT2D eigenvalue weighted by molar-refractivity contribution is 5.39. The quantitative estimate of drug-likeness (QED) is 0.851. The minimum atomic E-state index is -0.646. The molecule has 0 saturated carbocycles. The topological polar surface area (TPSA) is 56.5 Å². The van der Waals surface area contributed by atoms with Crippen LogP contribution in [0.15, 0.2) is 30.6 Å². The largest absolute Gasteiger partial charge is 0.497 e. The maximum atomic E-state index is 10.5. The smallest absolute Gasteiger partial charge is 0.122 e. The van der Waals surface area contributed by atoms with Crippen molar-refractivity contribution < 1.29 is 14.6 Å². The molecule has 0 bridgehead atoms. The number of methoxy groups -OCH3 is 2. The molecule has 1 unspecified atom stereocenters. The summed E-state index contributed by atoms with van der Waals surface area (Å²) >= 11 is 0. The molecule has 1 N–H and O–H groups in total. The van der Waals surface area contributed by atoms with Gasteiger partial charge in [0.2, 0.25) is 0 Å². The van der Waals surface area contributed by atoms with E-state index in [4.69, 9.17) is 9.47 Å². The first-order valence-corrected chi connectivity index (χ1v) is 7.09. The molecule has 0 saturated heterocycles. The van der Waals surface area contributed by atoms with E-state index < -0.39 is 6.10 Å². The molecule has 5 nitrogen and oxygen atoms in total. The van der Waals surface area contributed by atoms with Crippen molar-refractivity contribution >= 4 is 0 Å². The van der Waals surface area contributed by atoms with Gasteiger partial charge in [-0.15, -0.1) is 0 Å². The monoisotopic (exact) mass is 290 g/mol. The average molecular weight is 290 g/mol. The summed E-state index contributed by atoms with van der Waals surface area (Å²) in [6.45, 7) is 3.02. The highest BCUT2D eigenvalue weighted by Crippen LogP contribution is 2.27. The number of aliphatic hydroxyl groups excluding tert-OH is 1. The zero-order valence-electron chi connectivity index (χ0n) is 12.7. The van der Waals surface area contributed by atoms with Crippen LogP contribution in [0.1, 0.15) is 30.8 Å². The van der Waals surface area contributed by atoms with Gasteiger partial charge in [-0.3, -0.25) is 0 Å². The van der Waals surface area contributed by atoms with Crippen LogP contribution in [0, 0.1) is 0 Å². The summed E-state index contributed by atoms with van der Waals surface area (Å²) in [7, 11) is 3.19. The Morgan fingerprint density at radius 3 is 2.43 bits per heavy atom. The molecule has 21 heavy (non-hydrogen) atoms. The Kier molecular flexibility index (Phi) is 5.22. The lowest BCUT2D eigenvalue weighted by atomic mass is 10.1. The number of benzene rings is 1. The first-order valence-electron chi connectivity index (χ1n) is 7.09. The number of hydrogen-bond donors (Lipinski definition) is 1. The lowest BCUT2D eigenvalue weighted by Gasteiger charge is -2.14. The number of ether oxygens (including phenoxy) is 2. The molecular weight excluding hydrogens is 268 g/mol. The van der Waals surface area contributed by atoms with Crippen LogP contribution in [0.25, 0.3) is 0 Å². The van der Waals surface area contributed by atoms with E-state index in [9.17, 15) is 5.11 Å². The zero-order valence-corrected chi connectivity index (χ0v) is 12.7. The Bertz CT molecular complexity index is 558. The number of aliphatic hydroxyl groups is 1. The average Bonchev–Trinajstić information content (AvgIpc) is 2.94. The summed E-state index contributed by atoms with van der Waals surface area (Å²) < 4.78 is 12.5. The predicted octanol–water partition coefficient (Wildman–Crippen LogP) is 2.59. The molecule has 1 aromatic carbocycles. The van der Waals surface area contributed by atoms with Crippen LogP contribution in [0.5, 0.6) is 11.5 Å². The highest BCUT2D eigenvalue weighted by Gasteiger charge is 2.14. The Balaban J connectivity index is 2.19. The second-order valence-corrected chi connectivity index (χ2v) is 4.90. The summed E-state index contributed by atoms with van der Waals surface area (Å²) in [4.78, 5) is 4.33. The molecule has 0 spiro atoms. The van der Waals surface area contributed by atoms with E-state index in [1.54, 1.807) is 26.5 Å². The number of aromatic nitrogens is 2. The maximum absolute atomic E-state index is 10.5. The van der Waals surface area contributed by atoms with Gasteiger partial charge in [-0.05, 0) is 24.1 Å². The van der Waals surface area contributed by atoms with Crippen LogP contribution in [-0.2, 0) is 13.0 Å². The first-order chi connectivity index (χ1) is 10.2. The van der Waals surface area contributed by atoms with Gasteiger partial charge in [0, 0.05) is 31.4 Å². The molecule has 0 fully saturated rings. The molecule has 1 heterocycles. The number of hydrogen-bond acceptors (Lipinski definition) is 4. The molecular formula is C16H22N2O3. The summed E-state index contributed by atoms with van der Waals surface area (Å²) in [5, 5.41) is 10.5. The van der Waals surface area contributed by atoms with E-state index in [2.05, 4.69) is 16.5 Å². The zero-order chi connectivity index (χ0) is 15.2. The third-order valence-corrected chi connectivity index (χ3v) is 3.40. The normalized spacial score (nSPS) is 12.2. The minimum absolute atomic E-state index is 0.462. The highest BCUT2D eigenvalue weighted by atomic mass is 16.5. The van der Waals surface area contributed by atoms with Crippen LogP contribution in [0.4, 0.5) is 0 Å². The number of aryl methyl sites for hydroxylation is 1. The first kappa shape index (κ1) is 15.4. The van der Waals surface area contributed by atoms with Crippen molar-refractivity contribution in [2.75, 3.05) is 14.2 Å². The number of imidazole rings is 1. The van der Waals surface area contributed by atoms with Crippen molar-refractivity contribution in [3.05, 3.63) is 42.0 Å². The predicted molar refractivity (Wildman–Crippen MR) is 80.7 cm³/mol. The standard InChI is InChI=1S/C16H22N2O3/c1-4-6-18-7-5-17-16(18)11-15(19)12-8-13(20-2)10-14(9-12)21-3/h5,7-10,15,19H,4,6,11H2,1-3H3. The van der Waals surface area contributed by atoms with E-state index >= 15 is 0 Å². The molecule has 1 atom stereocenters. The Morgan fingerprint density at radius 1 is 1.19 bits per heavy atom. The van der Waals surface area contributed by atoms with E-state index in [1.807, 2.05) is 18.3 Å². The van der Waals surface area contributed by atoms with Gasteiger partial charge in [0.25, 0.3) is 0 Å². The van der Waals surface area contributed by atoms with E-state index in [-0.39, 0.29) is 0 Å². The fourth-order valence-electron chi connectivity index (χ4n) is 2.29. The maximum Gasteiger partial charge on any atom is 0.122 e. The third-order valence-electron chi connectivity index (χ3n) is 3.40. The van der Waals surface area contributed by atoms with Gasteiger partial charge in [-0.1, -0.05) is 6.92 Å². The molecule has 0 aliphatic heterocycles. The van der Waals surface area contributed by atoms with Crippen LogP contribution < -0.4 is 9.47 Å². The van der Waals surface area contributed by atoms with Gasteiger partial charge in [0.15, 0.2) is 0 Å². The Hall–Kier alpha value is -2.01. The fraction of sp³-hybridized carbons (Fsp3) is 0.438. The number of nitrogens with zero attached hydrogens (tertiary/aromatic N) is 2. The van der Waals surface area contributed by atoms with Crippen molar-refractivity contribution in [3.63, 3.8) is 0 Å². The summed E-state index contributed by atoms with van der Waals surface area (Å²) in [5.74, 6) is 2.21. The third kappa shape index (κ3) is 3.76. The molecule has 2 rings (SSSR count). The lowest BCUT2D eigenvalue weighted by molar-refractivity contribution is 0.173. The number of rotatable bonds is 7. The molecule has 2 aromatic rings. The SMILES string of the molecule is CCCn1ccnc1CC(O)c1cc(OC)cc(OC)c1. The Labute approximate surface area is 125 Å². The molecule has 0 amide bonds. The van der Waals surface area contributed by atoms with Crippen LogP contribution >= 0.6 is 0 Å².